The molecule has 1 amide bonds. The SMILES string of the molecule is O=C(CCc1nc(-c2cccs2)no1)NCc1ccc(Cn2cncn2)cc1. The Morgan fingerprint density at radius 2 is 2.04 bits per heavy atom. The van der Waals surface area contributed by atoms with Crippen molar-refractivity contribution in [2.75, 3.05) is 0 Å². The maximum absolute atomic E-state index is 12.1. The summed E-state index contributed by atoms with van der Waals surface area (Å²) < 4.78 is 6.97. The Labute approximate surface area is 165 Å². The highest BCUT2D eigenvalue weighted by atomic mass is 32.1. The summed E-state index contributed by atoms with van der Waals surface area (Å²) in [5.74, 6) is 0.981. The van der Waals surface area contributed by atoms with Crippen molar-refractivity contribution >= 4 is 17.2 Å². The van der Waals surface area contributed by atoms with Crippen molar-refractivity contribution in [2.45, 2.75) is 25.9 Å². The first-order valence-electron chi connectivity index (χ1n) is 8.79. The van der Waals surface area contributed by atoms with Gasteiger partial charge in [0.2, 0.25) is 17.6 Å². The van der Waals surface area contributed by atoms with Crippen LogP contribution in [0.2, 0.25) is 0 Å². The highest BCUT2D eigenvalue weighted by Gasteiger charge is 2.11. The van der Waals surface area contributed by atoms with Crippen LogP contribution in [0.4, 0.5) is 0 Å². The van der Waals surface area contributed by atoms with Gasteiger partial charge in [-0.25, -0.2) is 9.67 Å². The second kappa shape index (κ2) is 8.57. The Morgan fingerprint density at radius 3 is 2.79 bits per heavy atom. The van der Waals surface area contributed by atoms with Gasteiger partial charge in [-0.05, 0) is 22.6 Å². The molecule has 0 radical (unpaired) electrons. The van der Waals surface area contributed by atoms with Gasteiger partial charge in [0.05, 0.1) is 11.4 Å². The van der Waals surface area contributed by atoms with E-state index in [0.717, 1.165) is 16.0 Å². The van der Waals surface area contributed by atoms with Gasteiger partial charge in [0.1, 0.15) is 12.7 Å². The number of hydrogen-bond acceptors (Lipinski definition) is 7. The summed E-state index contributed by atoms with van der Waals surface area (Å²) in [6.45, 7) is 1.15. The van der Waals surface area contributed by atoms with E-state index in [1.54, 1.807) is 22.3 Å². The number of carbonyl (C=O) groups excluding carboxylic acids is 1. The summed E-state index contributed by atoms with van der Waals surface area (Å²) in [6, 6.07) is 11.9. The van der Waals surface area contributed by atoms with Gasteiger partial charge >= 0.3 is 0 Å². The maximum Gasteiger partial charge on any atom is 0.227 e. The molecule has 8 nitrogen and oxygen atoms in total. The molecule has 28 heavy (non-hydrogen) atoms. The number of benzene rings is 1. The van der Waals surface area contributed by atoms with E-state index in [9.17, 15) is 4.79 Å². The second-order valence-corrected chi connectivity index (χ2v) is 7.12. The molecule has 4 aromatic rings. The Hall–Kier alpha value is -3.33. The summed E-state index contributed by atoms with van der Waals surface area (Å²) >= 11 is 1.55. The fourth-order valence-corrected chi connectivity index (χ4v) is 3.28. The van der Waals surface area contributed by atoms with E-state index in [2.05, 4.69) is 25.5 Å². The molecular weight excluding hydrogens is 376 g/mol. The molecule has 0 fully saturated rings. The summed E-state index contributed by atoms with van der Waals surface area (Å²) in [4.78, 5) is 21.3. The molecule has 0 atom stereocenters. The summed E-state index contributed by atoms with van der Waals surface area (Å²) in [5.41, 5.74) is 2.16. The number of thiophene rings is 1. The number of rotatable bonds is 8. The summed E-state index contributed by atoms with van der Waals surface area (Å²) in [7, 11) is 0. The van der Waals surface area contributed by atoms with E-state index in [-0.39, 0.29) is 5.91 Å². The normalized spacial score (nSPS) is 10.9. The average Bonchev–Trinajstić information content (AvgIpc) is 3.48. The molecule has 9 heteroatoms. The molecular formula is C19H18N6O2S. The number of aromatic nitrogens is 5. The Balaban J connectivity index is 1.22. The molecule has 0 aliphatic rings. The first-order valence-corrected chi connectivity index (χ1v) is 9.67. The first-order chi connectivity index (χ1) is 13.8. The van der Waals surface area contributed by atoms with E-state index in [4.69, 9.17) is 4.52 Å². The lowest BCUT2D eigenvalue weighted by molar-refractivity contribution is -0.121. The molecule has 4 rings (SSSR count). The Bertz CT molecular complexity index is 1010. The number of carbonyl (C=O) groups is 1. The minimum absolute atomic E-state index is 0.0532. The molecule has 0 saturated heterocycles. The number of amides is 1. The van der Waals surface area contributed by atoms with Crippen molar-refractivity contribution in [3.8, 4) is 10.7 Å². The van der Waals surface area contributed by atoms with Crippen molar-refractivity contribution in [3.63, 3.8) is 0 Å². The minimum atomic E-state index is -0.0532. The van der Waals surface area contributed by atoms with Crippen molar-refractivity contribution in [3.05, 3.63) is 71.5 Å². The van der Waals surface area contributed by atoms with Crippen LogP contribution >= 0.6 is 11.3 Å². The largest absolute Gasteiger partial charge is 0.352 e. The van der Waals surface area contributed by atoms with Crippen LogP contribution < -0.4 is 5.32 Å². The van der Waals surface area contributed by atoms with Crippen LogP contribution in [-0.2, 0) is 24.3 Å². The smallest absolute Gasteiger partial charge is 0.227 e. The van der Waals surface area contributed by atoms with E-state index in [1.807, 2.05) is 41.8 Å². The van der Waals surface area contributed by atoms with E-state index in [0.29, 0.717) is 37.6 Å². The van der Waals surface area contributed by atoms with Crippen molar-refractivity contribution < 1.29 is 9.32 Å². The number of nitrogens with one attached hydrogen (secondary N) is 1. The molecule has 142 valence electrons. The number of aryl methyl sites for hydroxylation is 1. The third-order valence-electron chi connectivity index (χ3n) is 4.10. The van der Waals surface area contributed by atoms with Gasteiger partial charge in [-0.2, -0.15) is 10.1 Å². The third-order valence-corrected chi connectivity index (χ3v) is 4.97. The van der Waals surface area contributed by atoms with Gasteiger partial charge in [-0.15, -0.1) is 11.3 Å². The predicted molar refractivity (Wildman–Crippen MR) is 103 cm³/mol. The molecule has 1 aromatic carbocycles. The highest BCUT2D eigenvalue weighted by Crippen LogP contribution is 2.21. The monoisotopic (exact) mass is 394 g/mol. The van der Waals surface area contributed by atoms with Crippen LogP contribution in [0.1, 0.15) is 23.4 Å². The van der Waals surface area contributed by atoms with Gasteiger partial charge in [0.25, 0.3) is 0 Å². The third kappa shape index (κ3) is 4.68. The standard InChI is InChI=1S/C19H18N6O2S/c26-17(7-8-18-23-19(24-27-18)16-2-1-9-28-16)21-10-14-3-5-15(6-4-14)11-25-13-20-12-22-25/h1-6,9,12-13H,7-8,10-11H2,(H,21,26). The molecule has 0 aliphatic carbocycles. The van der Waals surface area contributed by atoms with Gasteiger partial charge in [-0.3, -0.25) is 4.79 Å². The molecule has 0 spiro atoms. The van der Waals surface area contributed by atoms with E-state index >= 15 is 0 Å². The van der Waals surface area contributed by atoms with Crippen LogP contribution in [0.15, 0.2) is 59.0 Å². The Kier molecular flexibility index (Phi) is 5.53. The van der Waals surface area contributed by atoms with Crippen molar-refractivity contribution in [1.82, 2.24) is 30.2 Å². The molecule has 0 saturated carbocycles. The molecule has 3 heterocycles. The number of hydrogen-bond donors (Lipinski definition) is 1. The first kappa shape index (κ1) is 18.1. The van der Waals surface area contributed by atoms with Crippen molar-refractivity contribution in [1.29, 1.82) is 0 Å². The lowest BCUT2D eigenvalue weighted by atomic mass is 10.1. The topological polar surface area (TPSA) is 98.7 Å². The van der Waals surface area contributed by atoms with E-state index in [1.165, 1.54) is 6.33 Å². The fraction of sp³-hybridized carbons (Fsp3) is 0.211. The van der Waals surface area contributed by atoms with Crippen LogP contribution in [0.5, 0.6) is 0 Å². The van der Waals surface area contributed by atoms with Crippen LogP contribution in [-0.4, -0.2) is 30.8 Å². The number of nitrogens with zero attached hydrogens (tertiary/aromatic N) is 5. The molecule has 0 bridgehead atoms. The molecule has 0 aliphatic heterocycles. The van der Waals surface area contributed by atoms with Gasteiger partial charge in [-0.1, -0.05) is 35.5 Å². The molecule has 1 N–H and O–H groups in total. The molecule has 3 aromatic heterocycles. The Morgan fingerprint density at radius 1 is 1.18 bits per heavy atom. The van der Waals surface area contributed by atoms with Gasteiger partial charge in [0.15, 0.2) is 0 Å². The van der Waals surface area contributed by atoms with Crippen LogP contribution in [0.25, 0.3) is 10.7 Å². The van der Waals surface area contributed by atoms with Crippen LogP contribution in [0, 0.1) is 0 Å². The predicted octanol–water partition coefficient (Wildman–Crippen LogP) is 2.69. The zero-order valence-corrected chi connectivity index (χ0v) is 15.8. The second-order valence-electron chi connectivity index (χ2n) is 6.18. The summed E-state index contributed by atoms with van der Waals surface area (Å²) in [5, 5.41) is 12.9. The zero-order chi connectivity index (χ0) is 19.2. The lowest BCUT2D eigenvalue weighted by Crippen LogP contribution is -2.23. The van der Waals surface area contributed by atoms with E-state index < -0.39 is 0 Å². The molecule has 0 unspecified atom stereocenters. The lowest BCUT2D eigenvalue weighted by Gasteiger charge is -2.06. The van der Waals surface area contributed by atoms with Gasteiger partial charge < -0.3 is 9.84 Å². The fourth-order valence-electron chi connectivity index (χ4n) is 2.64. The maximum atomic E-state index is 12.1. The average molecular weight is 394 g/mol. The quantitative estimate of drug-likeness (QED) is 0.493. The summed E-state index contributed by atoms with van der Waals surface area (Å²) in [6.07, 6.45) is 3.92. The van der Waals surface area contributed by atoms with Crippen molar-refractivity contribution in [2.24, 2.45) is 0 Å². The zero-order valence-electron chi connectivity index (χ0n) is 15.0. The van der Waals surface area contributed by atoms with Gasteiger partial charge in [0, 0.05) is 19.4 Å². The van der Waals surface area contributed by atoms with Crippen LogP contribution in [0.3, 0.4) is 0 Å². The minimum Gasteiger partial charge on any atom is -0.352 e. The highest BCUT2D eigenvalue weighted by molar-refractivity contribution is 7.13.